The van der Waals surface area contributed by atoms with Crippen molar-refractivity contribution in [2.24, 2.45) is 0 Å². The summed E-state index contributed by atoms with van der Waals surface area (Å²) in [5, 5.41) is 0. The summed E-state index contributed by atoms with van der Waals surface area (Å²) < 4.78 is 51.6. The molecule has 0 aromatic carbocycles. The number of morpholine rings is 1. The summed E-state index contributed by atoms with van der Waals surface area (Å²) in [5.41, 5.74) is -0.610. The van der Waals surface area contributed by atoms with Gasteiger partial charge in [-0.15, -0.1) is 0 Å². The number of nitrogens with one attached hydrogen (secondary N) is 2. The van der Waals surface area contributed by atoms with Crippen molar-refractivity contribution >= 4 is 17.7 Å². The summed E-state index contributed by atoms with van der Waals surface area (Å²) in [5.74, 6) is 0.398. The van der Waals surface area contributed by atoms with E-state index in [2.05, 4.69) is 32.2 Å². The summed E-state index contributed by atoms with van der Waals surface area (Å²) in [6.45, 7) is 10.5. The molecule has 1 aromatic heterocycles. The molecule has 5 nitrogen and oxygen atoms in total. The fourth-order valence-corrected chi connectivity index (χ4v) is 4.51. The van der Waals surface area contributed by atoms with Gasteiger partial charge in [-0.1, -0.05) is 31.4 Å². The van der Waals surface area contributed by atoms with Crippen LogP contribution in [0, 0.1) is 0 Å². The minimum atomic E-state index is -4.50. The molecule has 2 heterocycles. The summed E-state index contributed by atoms with van der Waals surface area (Å²) in [7, 11) is 0. The van der Waals surface area contributed by atoms with Gasteiger partial charge >= 0.3 is 6.18 Å². The van der Waals surface area contributed by atoms with Crippen LogP contribution in [0.2, 0.25) is 0 Å². The number of hydrogen-bond acceptors (Lipinski definition) is 5. The Labute approximate surface area is 173 Å². The van der Waals surface area contributed by atoms with E-state index < -0.39 is 11.9 Å². The molecule has 0 radical (unpaired) electrons. The minimum absolute atomic E-state index is 0.00826. The fourth-order valence-electron chi connectivity index (χ4n) is 3.64. The van der Waals surface area contributed by atoms with Crippen LogP contribution in [0.15, 0.2) is 31.4 Å². The first kappa shape index (κ1) is 22.1. The summed E-state index contributed by atoms with van der Waals surface area (Å²) >= 11 is 1.63. The van der Waals surface area contributed by atoms with E-state index in [1.807, 2.05) is 0 Å². The highest BCUT2D eigenvalue weighted by molar-refractivity contribution is 7.95. The van der Waals surface area contributed by atoms with Crippen molar-refractivity contribution in [3.05, 3.63) is 48.6 Å². The number of ether oxygens (including phenoxy) is 1. The Hall–Kier alpha value is -1.55. The maximum Gasteiger partial charge on any atom is 0.433 e. The lowest BCUT2D eigenvalue weighted by Gasteiger charge is -2.31. The average Bonchev–Trinajstić information content (AvgIpc) is 3.17. The maximum atomic E-state index is 13.5. The van der Waals surface area contributed by atoms with Crippen LogP contribution in [0.5, 0.6) is 0 Å². The summed E-state index contributed by atoms with van der Waals surface area (Å²) in [4.78, 5) is 6.88. The number of aromatic nitrogens is 2. The molecule has 3 rings (SSSR count). The zero-order valence-corrected chi connectivity index (χ0v) is 17.1. The molecular weight excluding hydrogens is 401 g/mol. The first-order valence-electron chi connectivity index (χ1n) is 9.80. The number of alkyl halides is 3. The molecule has 0 amide bonds. The van der Waals surface area contributed by atoms with Crippen LogP contribution in [-0.4, -0.2) is 46.6 Å². The highest BCUT2D eigenvalue weighted by atomic mass is 32.2. The van der Waals surface area contributed by atoms with Crippen molar-refractivity contribution in [1.82, 2.24) is 19.0 Å². The SMILES string of the molecule is C=C/C=C(\C=C)c1nc(C2CCC(NSN3CCOCC3)CC2)[nH]c1C(F)(F)F. The minimum Gasteiger partial charge on any atom is -0.379 e. The van der Waals surface area contributed by atoms with Crippen LogP contribution in [0.4, 0.5) is 13.2 Å². The monoisotopic (exact) mass is 428 g/mol. The third-order valence-corrected chi connectivity index (χ3v) is 6.29. The van der Waals surface area contributed by atoms with E-state index in [9.17, 15) is 13.2 Å². The quantitative estimate of drug-likeness (QED) is 0.487. The van der Waals surface area contributed by atoms with Crippen molar-refractivity contribution in [3.8, 4) is 0 Å². The molecule has 1 saturated heterocycles. The third kappa shape index (κ3) is 5.75. The van der Waals surface area contributed by atoms with Gasteiger partial charge in [0.05, 0.1) is 13.2 Å². The second-order valence-corrected chi connectivity index (χ2v) is 8.14. The van der Waals surface area contributed by atoms with Crippen LogP contribution in [0.25, 0.3) is 5.57 Å². The largest absolute Gasteiger partial charge is 0.433 e. The van der Waals surface area contributed by atoms with Crippen molar-refractivity contribution in [3.63, 3.8) is 0 Å². The van der Waals surface area contributed by atoms with Crippen molar-refractivity contribution < 1.29 is 17.9 Å². The second-order valence-electron chi connectivity index (χ2n) is 7.20. The van der Waals surface area contributed by atoms with E-state index >= 15 is 0 Å². The van der Waals surface area contributed by atoms with Gasteiger partial charge in [-0.3, -0.25) is 0 Å². The normalized spacial score (nSPS) is 24.4. The molecule has 1 saturated carbocycles. The van der Waals surface area contributed by atoms with E-state index in [1.165, 1.54) is 18.2 Å². The van der Waals surface area contributed by atoms with E-state index in [4.69, 9.17) is 4.74 Å². The number of hydrogen-bond donors (Lipinski definition) is 2. The second kappa shape index (κ2) is 9.97. The molecule has 2 aliphatic rings. The Bertz CT molecular complexity index is 733. The lowest BCUT2D eigenvalue weighted by atomic mass is 9.86. The zero-order valence-electron chi connectivity index (χ0n) is 16.3. The van der Waals surface area contributed by atoms with Gasteiger partial charge in [-0.2, -0.15) is 13.2 Å². The van der Waals surface area contributed by atoms with Gasteiger partial charge in [0, 0.05) is 42.8 Å². The molecule has 0 atom stereocenters. The molecular formula is C20H27F3N4OS. The van der Waals surface area contributed by atoms with Gasteiger partial charge in [-0.05, 0) is 25.7 Å². The number of allylic oxidation sites excluding steroid dienone is 4. The smallest absolute Gasteiger partial charge is 0.379 e. The first-order chi connectivity index (χ1) is 13.9. The van der Waals surface area contributed by atoms with Crippen molar-refractivity contribution in [2.75, 3.05) is 26.3 Å². The number of H-pyrrole nitrogens is 1. The van der Waals surface area contributed by atoms with Crippen LogP contribution >= 0.6 is 12.1 Å². The molecule has 29 heavy (non-hydrogen) atoms. The van der Waals surface area contributed by atoms with Crippen LogP contribution in [0.1, 0.15) is 48.8 Å². The molecule has 2 N–H and O–H groups in total. The molecule has 160 valence electrons. The van der Waals surface area contributed by atoms with Crippen LogP contribution in [-0.2, 0) is 10.9 Å². The standard InChI is InChI=1S/C20H27F3N4OS/c1-3-5-14(4-2)17-18(20(21,22)23)25-19(24-17)15-6-8-16(9-7-15)26-29-27-10-12-28-13-11-27/h3-5,15-16,26H,1-2,6-13H2,(H,24,25)/b14-5+. The summed E-state index contributed by atoms with van der Waals surface area (Å²) in [6, 6.07) is 0.347. The lowest BCUT2D eigenvalue weighted by molar-refractivity contribution is -0.141. The average molecular weight is 429 g/mol. The summed E-state index contributed by atoms with van der Waals surface area (Å²) in [6.07, 6.45) is 3.19. The lowest BCUT2D eigenvalue weighted by Crippen LogP contribution is -2.37. The van der Waals surface area contributed by atoms with Gasteiger partial charge in [0.25, 0.3) is 0 Å². The number of imidazole rings is 1. The Morgan fingerprint density at radius 2 is 1.90 bits per heavy atom. The van der Waals surface area contributed by atoms with Gasteiger partial charge in [-0.25, -0.2) is 14.0 Å². The number of aromatic amines is 1. The van der Waals surface area contributed by atoms with Crippen molar-refractivity contribution in [1.29, 1.82) is 0 Å². The zero-order chi connectivity index (χ0) is 20.9. The molecule has 1 aromatic rings. The molecule has 1 aliphatic carbocycles. The van der Waals surface area contributed by atoms with E-state index in [0.29, 0.717) is 17.4 Å². The van der Waals surface area contributed by atoms with Crippen LogP contribution < -0.4 is 4.72 Å². The molecule has 1 aliphatic heterocycles. The highest BCUT2D eigenvalue weighted by Crippen LogP contribution is 2.38. The number of halogens is 3. The first-order valence-corrected chi connectivity index (χ1v) is 10.6. The predicted molar refractivity (Wildman–Crippen MR) is 110 cm³/mol. The Balaban J connectivity index is 1.64. The highest BCUT2D eigenvalue weighted by Gasteiger charge is 2.38. The van der Waals surface area contributed by atoms with Crippen LogP contribution in [0.3, 0.4) is 0 Å². The maximum absolute atomic E-state index is 13.5. The predicted octanol–water partition coefficient (Wildman–Crippen LogP) is 4.70. The van der Waals surface area contributed by atoms with Gasteiger partial charge in [0.1, 0.15) is 17.2 Å². The van der Waals surface area contributed by atoms with E-state index in [0.717, 1.165) is 52.0 Å². The van der Waals surface area contributed by atoms with E-state index in [1.54, 1.807) is 12.1 Å². The Morgan fingerprint density at radius 3 is 2.48 bits per heavy atom. The number of rotatable bonds is 7. The van der Waals surface area contributed by atoms with Gasteiger partial charge in [0.2, 0.25) is 0 Å². The molecule has 0 bridgehead atoms. The Morgan fingerprint density at radius 1 is 1.21 bits per heavy atom. The van der Waals surface area contributed by atoms with Crippen molar-refractivity contribution in [2.45, 2.75) is 43.8 Å². The Kier molecular flexibility index (Phi) is 7.61. The fraction of sp³-hybridized carbons (Fsp3) is 0.550. The molecule has 0 spiro atoms. The molecule has 0 unspecified atom stereocenters. The topological polar surface area (TPSA) is 53.2 Å². The third-order valence-electron chi connectivity index (χ3n) is 5.23. The molecule has 9 heteroatoms. The van der Waals surface area contributed by atoms with Gasteiger partial charge in [0.15, 0.2) is 0 Å². The van der Waals surface area contributed by atoms with E-state index in [-0.39, 0.29) is 11.6 Å². The molecule has 2 fully saturated rings. The van der Waals surface area contributed by atoms with Gasteiger partial charge < -0.3 is 9.72 Å². The number of nitrogens with zero attached hydrogens (tertiary/aromatic N) is 2.